The summed E-state index contributed by atoms with van der Waals surface area (Å²) < 4.78 is 12.9. The topological polar surface area (TPSA) is 25.4 Å². The van der Waals surface area contributed by atoms with E-state index in [1.54, 1.807) is 11.5 Å². The molecule has 0 saturated carbocycles. The summed E-state index contributed by atoms with van der Waals surface area (Å²) in [4.78, 5) is 2.59. The van der Waals surface area contributed by atoms with E-state index in [9.17, 15) is 0 Å². The largest absolute Gasteiger partial charge is 0.494 e. The third-order valence-corrected chi connectivity index (χ3v) is 6.48. The summed E-state index contributed by atoms with van der Waals surface area (Å²) in [5.74, 6) is 0.950. The predicted octanol–water partition coefficient (Wildman–Crippen LogP) is 6.37. The van der Waals surface area contributed by atoms with Gasteiger partial charge < -0.3 is 9.64 Å². The Balaban J connectivity index is 1.31. The molecule has 0 aliphatic carbocycles. The molecule has 4 rings (SSSR count). The average Bonchev–Trinajstić information content (AvgIpc) is 3.12. The Hall–Kier alpha value is -1.43. The number of halogens is 1. The lowest BCUT2D eigenvalue weighted by atomic mass is 10.1. The van der Waals surface area contributed by atoms with Gasteiger partial charge in [0, 0.05) is 15.4 Å². The molecule has 0 amide bonds. The number of ether oxygens (including phenoxy) is 1. The van der Waals surface area contributed by atoms with Gasteiger partial charge in [0.05, 0.1) is 17.0 Å². The van der Waals surface area contributed by atoms with Gasteiger partial charge in [-0.15, -0.1) is 0 Å². The maximum absolute atomic E-state index is 5.99. The van der Waals surface area contributed by atoms with Crippen LogP contribution in [0.1, 0.15) is 32.1 Å². The van der Waals surface area contributed by atoms with Crippen LogP contribution in [-0.2, 0) is 0 Å². The van der Waals surface area contributed by atoms with Gasteiger partial charge in [0.25, 0.3) is 0 Å². The minimum Gasteiger partial charge on any atom is -0.494 e. The number of likely N-dealkylation sites (tertiary alicyclic amines) is 1. The van der Waals surface area contributed by atoms with E-state index in [2.05, 4.69) is 67.7 Å². The van der Waals surface area contributed by atoms with Crippen molar-refractivity contribution in [3.63, 3.8) is 0 Å². The smallest absolute Gasteiger partial charge is 0.120 e. The molecule has 3 nitrogen and oxygen atoms in total. The molecule has 5 heteroatoms. The zero-order valence-corrected chi connectivity index (χ0v) is 17.9. The molecule has 2 aromatic carbocycles. The normalized spacial score (nSPS) is 15.3. The minimum absolute atomic E-state index is 0.789. The predicted molar refractivity (Wildman–Crippen MR) is 118 cm³/mol. The van der Waals surface area contributed by atoms with Gasteiger partial charge in [0.2, 0.25) is 0 Å². The molecule has 2 heterocycles. The molecule has 3 aromatic rings. The molecule has 1 fully saturated rings. The number of fused-ring (bicyclic) bond motifs is 1. The second-order valence-electron chi connectivity index (χ2n) is 7.15. The Labute approximate surface area is 173 Å². The van der Waals surface area contributed by atoms with Crippen LogP contribution in [0.3, 0.4) is 0 Å². The van der Waals surface area contributed by atoms with Gasteiger partial charge in [0.1, 0.15) is 5.75 Å². The summed E-state index contributed by atoms with van der Waals surface area (Å²) in [6.07, 6.45) is 6.47. The van der Waals surface area contributed by atoms with Crippen LogP contribution in [0.5, 0.6) is 5.75 Å². The van der Waals surface area contributed by atoms with Gasteiger partial charge in [-0.25, -0.2) is 0 Å². The van der Waals surface area contributed by atoms with Crippen molar-refractivity contribution in [2.75, 3.05) is 26.2 Å². The van der Waals surface area contributed by atoms with Gasteiger partial charge >= 0.3 is 0 Å². The summed E-state index contributed by atoms with van der Waals surface area (Å²) in [5.41, 5.74) is 2.20. The van der Waals surface area contributed by atoms with Crippen LogP contribution >= 0.6 is 27.5 Å². The van der Waals surface area contributed by atoms with E-state index in [0.717, 1.165) is 34.5 Å². The zero-order chi connectivity index (χ0) is 18.5. The molecule has 27 heavy (non-hydrogen) atoms. The monoisotopic (exact) mass is 444 g/mol. The van der Waals surface area contributed by atoms with E-state index >= 15 is 0 Å². The van der Waals surface area contributed by atoms with Gasteiger partial charge in [-0.1, -0.05) is 34.5 Å². The fourth-order valence-corrected chi connectivity index (χ4v) is 4.72. The molecular weight excluding hydrogens is 420 g/mol. The summed E-state index contributed by atoms with van der Waals surface area (Å²) in [6.45, 7) is 4.57. The molecule has 0 atom stereocenters. The molecular formula is C22H25BrN2OS. The first kappa shape index (κ1) is 18.9. The standard InChI is InChI=1S/C22H25BrN2OS/c23-18-8-6-17(7-9-18)22-20-11-10-19(16-21(20)27-24-22)26-15-5-4-14-25-12-2-1-3-13-25/h6-11,16H,1-5,12-15H2. The summed E-state index contributed by atoms with van der Waals surface area (Å²) in [5, 5.41) is 1.19. The summed E-state index contributed by atoms with van der Waals surface area (Å²) in [7, 11) is 0. The number of rotatable bonds is 7. The molecule has 1 aliphatic rings. The third-order valence-electron chi connectivity index (χ3n) is 5.15. The van der Waals surface area contributed by atoms with Crippen LogP contribution in [-0.4, -0.2) is 35.5 Å². The van der Waals surface area contributed by atoms with Crippen LogP contribution < -0.4 is 4.74 Å². The Morgan fingerprint density at radius 2 is 1.81 bits per heavy atom. The number of hydrogen-bond acceptors (Lipinski definition) is 4. The SMILES string of the molecule is Brc1ccc(-c2nsc3cc(OCCCCN4CCCCC4)ccc23)cc1. The molecule has 1 aliphatic heterocycles. The maximum Gasteiger partial charge on any atom is 0.120 e. The van der Waals surface area contributed by atoms with Crippen molar-refractivity contribution in [3.8, 4) is 17.0 Å². The molecule has 0 N–H and O–H groups in total. The maximum atomic E-state index is 5.99. The van der Waals surface area contributed by atoms with Gasteiger partial charge in [-0.3, -0.25) is 0 Å². The lowest BCUT2D eigenvalue weighted by molar-refractivity contribution is 0.216. The van der Waals surface area contributed by atoms with E-state index < -0.39 is 0 Å². The van der Waals surface area contributed by atoms with Crippen LogP contribution in [0.15, 0.2) is 46.9 Å². The van der Waals surface area contributed by atoms with Gasteiger partial charge in [0.15, 0.2) is 0 Å². The number of piperidine rings is 1. The number of hydrogen-bond donors (Lipinski definition) is 0. The Morgan fingerprint density at radius 3 is 2.63 bits per heavy atom. The molecule has 1 saturated heterocycles. The van der Waals surface area contributed by atoms with Crippen molar-refractivity contribution in [3.05, 3.63) is 46.9 Å². The van der Waals surface area contributed by atoms with Crippen molar-refractivity contribution >= 4 is 37.5 Å². The lowest BCUT2D eigenvalue weighted by Gasteiger charge is -2.26. The molecule has 0 unspecified atom stereocenters. The first-order valence-corrected chi connectivity index (χ1v) is 11.4. The zero-order valence-electron chi connectivity index (χ0n) is 15.5. The Bertz CT molecular complexity index is 872. The van der Waals surface area contributed by atoms with Gasteiger partial charge in [-0.05, 0) is 87.2 Å². The van der Waals surface area contributed by atoms with Crippen molar-refractivity contribution in [1.29, 1.82) is 0 Å². The second kappa shape index (κ2) is 9.18. The number of aromatic nitrogens is 1. The van der Waals surface area contributed by atoms with Crippen molar-refractivity contribution in [2.45, 2.75) is 32.1 Å². The van der Waals surface area contributed by atoms with Crippen molar-refractivity contribution in [1.82, 2.24) is 9.27 Å². The fourth-order valence-electron chi connectivity index (χ4n) is 3.63. The van der Waals surface area contributed by atoms with E-state index in [1.165, 1.54) is 55.4 Å². The van der Waals surface area contributed by atoms with Crippen molar-refractivity contribution in [2.24, 2.45) is 0 Å². The minimum atomic E-state index is 0.789. The molecule has 0 spiro atoms. The van der Waals surface area contributed by atoms with E-state index in [0.29, 0.717) is 0 Å². The van der Waals surface area contributed by atoms with Crippen molar-refractivity contribution < 1.29 is 4.74 Å². The lowest BCUT2D eigenvalue weighted by Crippen LogP contribution is -2.30. The van der Waals surface area contributed by atoms with Crippen LogP contribution in [0.2, 0.25) is 0 Å². The Morgan fingerprint density at radius 1 is 1.00 bits per heavy atom. The fraction of sp³-hybridized carbons (Fsp3) is 0.409. The van der Waals surface area contributed by atoms with Crippen LogP contribution in [0.25, 0.3) is 21.3 Å². The summed E-state index contributed by atoms with van der Waals surface area (Å²) >= 11 is 5.03. The van der Waals surface area contributed by atoms with E-state index in [4.69, 9.17) is 4.74 Å². The Kier molecular flexibility index (Phi) is 6.43. The first-order chi connectivity index (χ1) is 13.3. The molecule has 1 aromatic heterocycles. The average molecular weight is 445 g/mol. The van der Waals surface area contributed by atoms with Gasteiger partial charge in [-0.2, -0.15) is 4.37 Å². The quantitative estimate of drug-likeness (QED) is 0.395. The highest BCUT2D eigenvalue weighted by atomic mass is 79.9. The highest BCUT2D eigenvalue weighted by molar-refractivity contribution is 9.10. The third kappa shape index (κ3) is 4.89. The highest BCUT2D eigenvalue weighted by Crippen LogP contribution is 2.33. The first-order valence-electron chi connectivity index (χ1n) is 9.80. The van der Waals surface area contributed by atoms with Crippen LogP contribution in [0.4, 0.5) is 0 Å². The molecule has 0 bridgehead atoms. The molecule has 142 valence electrons. The summed E-state index contributed by atoms with van der Waals surface area (Å²) in [6, 6.07) is 14.7. The highest BCUT2D eigenvalue weighted by Gasteiger charge is 2.11. The number of benzene rings is 2. The second-order valence-corrected chi connectivity index (χ2v) is 8.87. The number of nitrogens with zero attached hydrogens (tertiary/aromatic N) is 2. The molecule has 0 radical (unpaired) electrons. The van der Waals surface area contributed by atoms with E-state index in [-0.39, 0.29) is 0 Å². The van der Waals surface area contributed by atoms with Crippen LogP contribution in [0, 0.1) is 0 Å². The van der Waals surface area contributed by atoms with E-state index in [1.807, 2.05) is 0 Å². The number of unbranched alkanes of at least 4 members (excludes halogenated alkanes) is 1.